The van der Waals surface area contributed by atoms with E-state index in [9.17, 15) is 10.1 Å². The minimum Gasteiger partial charge on any atom is -0.393 e. The van der Waals surface area contributed by atoms with Crippen molar-refractivity contribution in [2.24, 2.45) is 0 Å². The largest absolute Gasteiger partial charge is 0.393 e. The van der Waals surface area contributed by atoms with Crippen molar-refractivity contribution in [3.8, 4) is 0 Å². The van der Waals surface area contributed by atoms with Crippen molar-refractivity contribution in [1.29, 1.82) is 0 Å². The van der Waals surface area contributed by atoms with Crippen molar-refractivity contribution in [2.45, 2.75) is 13.1 Å². The number of nitrogens with zero attached hydrogens (tertiary/aromatic N) is 2. The average Bonchev–Trinajstić information content (AvgIpc) is 2.41. The van der Waals surface area contributed by atoms with Gasteiger partial charge in [-0.2, -0.15) is 0 Å². The van der Waals surface area contributed by atoms with Crippen LogP contribution in [-0.4, -0.2) is 16.9 Å². The topological polar surface area (TPSA) is 72.4 Å². The van der Waals surface area contributed by atoms with Crippen molar-refractivity contribution in [3.63, 3.8) is 0 Å². The molecule has 2 rings (SSSR count). The zero-order chi connectivity index (χ0) is 15.4. The number of hydrogen-bond donors (Lipinski definition) is 1. The first-order valence-corrected chi connectivity index (χ1v) is 7.21. The lowest BCUT2D eigenvalue weighted by atomic mass is 10.1. The van der Waals surface area contributed by atoms with E-state index in [1.807, 2.05) is 25.2 Å². The van der Waals surface area contributed by atoms with Crippen molar-refractivity contribution in [1.82, 2.24) is 4.90 Å². The van der Waals surface area contributed by atoms with Gasteiger partial charge in [0.15, 0.2) is 0 Å². The fraction of sp³-hybridized carbons (Fsp3) is 0.200. The number of nitrogen functional groups attached to an aromatic ring is 1. The van der Waals surface area contributed by atoms with Gasteiger partial charge in [-0.05, 0) is 30.3 Å². The highest BCUT2D eigenvalue weighted by molar-refractivity contribution is 9.10. The molecule has 5 nitrogen and oxygen atoms in total. The van der Waals surface area contributed by atoms with E-state index < -0.39 is 4.92 Å². The van der Waals surface area contributed by atoms with E-state index in [-0.39, 0.29) is 11.4 Å². The summed E-state index contributed by atoms with van der Waals surface area (Å²) in [6, 6.07) is 12.9. The van der Waals surface area contributed by atoms with Crippen LogP contribution >= 0.6 is 15.9 Å². The smallest absolute Gasteiger partial charge is 0.292 e. The van der Waals surface area contributed by atoms with Gasteiger partial charge in [0.05, 0.1) is 4.92 Å². The molecule has 0 aliphatic heterocycles. The molecule has 0 aliphatic rings. The number of anilines is 1. The zero-order valence-corrected chi connectivity index (χ0v) is 13.2. The Balaban J connectivity index is 2.06. The molecular weight excluding hydrogens is 334 g/mol. The number of nitro benzene ring substituents is 1. The molecule has 0 heterocycles. The van der Waals surface area contributed by atoms with Crippen LogP contribution in [0.3, 0.4) is 0 Å². The highest BCUT2D eigenvalue weighted by Gasteiger charge is 2.12. The van der Waals surface area contributed by atoms with Crippen molar-refractivity contribution < 1.29 is 4.92 Å². The third kappa shape index (κ3) is 4.03. The molecule has 0 bridgehead atoms. The van der Waals surface area contributed by atoms with E-state index in [0.717, 1.165) is 16.6 Å². The molecule has 110 valence electrons. The third-order valence-electron chi connectivity index (χ3n) is 3.14. The van der Waals surface area contributed by atoms with E-state index in [0.29, 0.717) is 6.54 Å². The molecule has 2 aromatic carbocycles. The quantitative estimate of drug-likeness (QED) is 0.508. The Labute approximate surface area is 131 Å². The lowest BCUT2D eigenvalue weighted by Crippen LogP contribution is -2.17. The summed E-state index contributed by atoms with van der Waals surface area (Å²) >= 11 is 3.53. The highest BCUT2D eigenvalue weighted by atomic mass is 79.9. The van der Waals surface area contributed by atoms with Gasteiger partial charge in [0.2, 0.25) is 0 Å². The summed E-state index contributed by atoms with van der Waals surface area (Å²) in [6.07, 6.45) is 0. The Bertz CT molecular complexity index is 661. The van der Waals surface area contributed by atoms with Crippen LogP contribution in [0.5, 0.6) is 0 Å². The van der Waals surface area contributed by atoms with Crippen LogP contribution in [0, 0.1) is 10.1 Å². The normalized spacial score (nSPS) is 10.8. The first-order chi connectivity index (χ1) is 9.97. The second-order valence-electron chi connectivity index (χ2n) is 4.91. The van der Waals surface area contributed by atoms with Crippen molar-refractivity contribution in [3.05, 3.63) is 68.2 Å². The lowest BCUT2D eigenvalue weighted by molar-refractivity contribution is -0.383. The van der Waals surface area contributed by atoms with E-state index in [1.54, 1.807) is 12.1 Å². The summed E-state index contributed by atoms with van der Waals surface area (Å²) in [7, 11) is 2.00. The Hall–Kier alpha value is -1.92. The number of hydrogen-bond acceptors (Lipinski definition) is 4. The van der Waals surface area contributed by atoms with Gasteiger partial charge in [-0.3, -0.25) is 15.0 Å². The molecule has 0 aromatic heterocycles. The monoisotopic (exact) mass is 349 g/mol. The van der Waals surface area contributed by atoms with E-state index in [2.05, 4.69) is 26.9 Å². The van der Waals surface area contributed by atoms with Crippen molar-refractivity contribution in [2.75, 3.05) is 12.8 Å². The van der Waals surface area contributed by atoms with Crippen LogP contribution in [0.25, 0.3) is 0 Å². The minimum atomic E-state index is -0.468. The molecule has 0 amide bonds. The molecule has 0 radical (unpaired) electrons. The van der Waals surface area contributed by atoms with Crippen molar-refractivity contribution >= 4 is 27.3 Å². The minimum absolute atomic E-state index is 0.0489. The van der Waals surface area contributed by atoms with Crippen LogP contribution in [0.2, 0.25) is 0 Å². The molecule has 0 saturated heterocycles. The third-order valence-corrected chi connectivity index (χ3v) is 3.91. The Morgan fingerprint density at radius 2 is 1.95 bits per heavy atom. The molecule has 0 aliphatic carbocycles. The second kappa shape index (κ2) is 6.69. The summed E-state index contributed by atoms with van der Waals surface area (Å²) < 4.78 is 1.07. The zero-order valence-electron chi connectivity index (χ0n) is 11.6. The van der Waals surface area contributed by atoms with Gasteiger partial charge < -0.3 is 5.73 Å². The predicted octanol–water partition coefficient (Wildman–Crippen LogP) is 3.57. The standard InChI is InChI=1S/C15H16BrN3O2/c1-18(10-12-4-2-3-5-13(12)16)9-11-6-7-15(19(20)21)14(17)8-11/h2-8H,9-10,17H2,1H3. The maximum Gasteiger partial charge on any atom is 0.292 e. The Morgan fingerprint density at radius 3 is 2.57 bits per heavy atom. The number of rotatable bonds is 5. The Kier molecular flexibility index (Phi) is 4.93. The van der Waals surface area contributed by atoms with Crippen LogP contribution in [-0.2, 0) is 13.1 Å². The summed E-state index contributed by atoms with van der Waals surface area (Å²) in [5.74, 6) is 0. The second-order valence-corrected chi connectivity index (χ2v) is 5.77. The molecule has 0 unspecified atom stereocenters. The summed E-state index contributed by atoms with van der Waals surface area (Å²) in [6.45, 7) is 1.45. The van der Waals surface area contributed by atoms with Crippen LogP contribution < -0.4 is 5.73 Å². The first kappa shape index (κ1) is 15.5. The van der Waals surface area contributed by atoms with Crippen LogP contribution in [0.15, 0.2) is 46.9 Å². The number of halogens is 1. The molecule has 0 spiro atoms. The van der Waals surface area contributed by atoms with Gasteiger partial charge in [-0.15, -0.1) is 0 Å². The summed E-state index contributed by atoms with van der Waals surface area (Å²) in [5.41, 5.74) is 8.00. The fourth-order valence-electron chi connectivity index (χ4n) is 2.15. The number of nitrogens with two attached hydrogens (primary N) is 1. The molecule has 2 N–H and O–H groups in total. The Morgan fingerprint density at radius 1 is 1.24 bits per heavy atom. The van der Waals surface area contributed by atoms with Gasteiger partial charge in [0, 0.05) is 23.6 Å². The van der Waals surface area contributed by atoms with E-state index in [4.69, 9.17) is 5.73 Å². The maximum atomic E-state index is 10.7. The van der Waals surface area contributed by atoms with Crippen LogP contribution in [0.1, 0.15) is 11.1 Å². The number of nitro groups is 1. The fourth-order valence-corrected chi connectivity index (χ4v) is 2.56. The molecule has 21 heavy (non-hydrogen) atoms. The highest BCUT2D eigenvalue weighted by Crippen LogP contribution is 2.23. The summed E-state index contributed by atoms with van der Waals surface area (Å²) in [5, 5.41) is 10.7. The van der Waals surface area contributed by atoms with Gasteiger partial charge in [0.1, 0.15) is 5.69 Å². The summed E-state index contributed by atoms with van der Waals surface area (Å²) in [4.78, 5) is 12.4. The maximum absolute atomic E-state index is 10.7. The molecule has 6 heteroatoms. The average molecular weight is 350 g/mol. The van der Waals surface area contributed by atoms with E-state index in [1.165, 1.54) is 11.6 Å². The van der Waals surface area contributed by atoms with Gasteiger partial charge >= 0.3 is 0 Å². The van der Waals surface area contributed by atoms with Gasteiger partial charge in [0.25, 0.3) is 5.69 Å². The molecular formula is C15H16BrN3O2. The predicted molar refractivity (Wildman–Crippen MR) is 86.8 cm³/mol. The lowest BCUT2D eigenvalue weighted by Gasteiger charge is -2.18. The van der Waals surface area contributed by atoms with E-state index >= 15 is 0 Å². The molecule has 0 saturated carbocycles. The molecule has 2 aromatic rings. The van der Waals surface area contributed by atoms with Gasteiger partial charge in [-0.25, -0.2) is 0 Å². The molecule has 0 atom stereocenters. The first-order valence-electron chi connectivity index (χ1n) is 6.42. The van der Waals surface area contributed by atoms with Crippen LogP contribution in [0.4, 0.5) is 11.4 Å². The SMILES string of the molecule is CN(Cc1ccc([N+](=O)[O-])c(N)c1)Cc1ccccc1Br. The van der Waals surface area contributed by atoms with Gasteiger partial charge in [-0.1, -0.05) is 40.2 Å². The molecule has 0 fully saturated rings. The number of benzene rings is 2.